The summed E-state index contributed by atoms with van der Waals surface area (Å²) in [5, 5.41) is 11.0. The number of oxime groups is 1. The molecule has 0 aromatic rings. The number of rotatable bonds is 2. The van der Waals surface area contributed by atoms with Gasteiger partial charge in [0.25, 0.3) is 0 Å². The Hall–Kier alpha value is -0.530. The van der Waals surface area contributed by atoms with Crippen molar-refractivity contribution < 1.29 is 5.21 Å². The van der Waals surface area contributed by atoms with E-state index >= 15 is 0 Å². The molecule has 0 rings (SSSR count). The van der Waals surface area contributed by atoms with Gasteiger partial charge in [0.15, 0.2) is 0 Å². The highest BCUT2D eigenvalue weighted by molar-refractivity contribution is 5.81. The van der Waals surface area contributed by atoms with E-state index in [4.69, 9.17) is 5.21 Å². The number of nitrogens with zero attached hydrogens (tertiary/aromatic N) is 1. The van der Waals surface area contributed by atoms with Crippen LogP contribution in [-0.4, -0.2) is 10.9 Å². The molecule has 0 unspecified atom stereocenters. The van der Waals surface area contributed by atoms with Gasteiger partial charge in [0.05, 0.1) is 5.71 Å². The molecule has 7 heavy (non-hydrogen) atoms. The molecule has 0 aliphatic carbocycles. The van der Waals surface area contributed by atoms with Gasteiger partial charge in [0.2, 0.25) is 0 Å². The summed E-state index contributed by atoms with van der Waals surface area (Å²) >= 11 is 0. The topological polar surface area (TPSA) is 32.6 Å². The van der Waals surface area contributed by atoms with Gasteiger partial charge in [-0.25, -0.2) is 0 Å². The predicted octanol–water partition coefficient (Wildman–Crippen LogP) is 1.45. The lowest BCUT2D eigenvalue weighted by Crippen LogP contribution is -1.87. The average molecular weight is 100 g/mol. The van der Waals surface area contributed by atoms with E-state index in [2.05, 4.69) is 12.1 Å². The zero-order chi connectivity index (χ0) is 5.70. The Balaban J connectivity index is 3.17. The van der Waals surface area contributed by atoms with E-state index in [1.54, 1.807) is 6.92 Å². The van der Waals surface area contributed by atoms with Gasteiger partial charge in [0, 0.05) is 0 Å². The summed E-state index contributed by atoms with van der Waals surface area (Å²) in [4.78, 5) is 0. The Bertz CT molecular complexity index is 68.5. The molecule has 2 nitrogen and oxygen atoms in total. The van der Waals surface area contributed by atoms with Crippen LogP contribution in [0.4, 0.5) is 0 Å². The molecule has 0 bridgehead atoms. The Morgan fingerprint density at radius 3 is 2.57 bits per heavy atom. The van der Waals surface area contributed by atoms with E-state index in [0.717, 1.165) is 18.6 Å². The van der Waals surface area contributed by atoms with Crippen LogP contribution in [0.1, 0.15) is 19.8 Å². The first kappa shape index (κ1) is 6.47. The smallest absolute Gasteiger partial charge is 0.0540 e. The van der Waals surface area contributed by atoms with Crippen molar-refractivity contribution >= 4 is 5.71 Å². The standard InChI is InChI=1S/C5H10NO/c1-3-4-5(2)6-7/h7H,1,3-4H2,2H3/b6-5+. The molecule has 0 spiro atoms. The van der Waals surface area contributed by atoms with Gasteiger partial charge in [0.1, 0.15) is 0 Å². The Kier molecular flexibility index (Phi) is 3.38. The first-order valence-electron chi connectivity index (χ1n) is 2.28. The third-order valence-corrected chi connectivity index (χ3v) is 0.709. The first-order valence-corrected chi connectivity index (χ1v) is 2.28. The lowest BCUT2D eigenvalue weighted by molar-refractivity contribution is 0.317. The zero-order valence-electron chi connectivity index (χ0n) is 4.52. The molecule has 2 heteroatoms. The fourth-order valence-corrected chi connectivity index (χ4v) is 0.306. The highest BCUT2D eigenvalue weighted by Gasteiger charge is 1.84. The van der Waals surface area contributed by atoms with Crippen LogP contribution in [0.25, 0.3) is 0 Å². The maximum Gasteiger partial charge on any atom is 0.0540 e. The minimum atomic E-state index is 0.745. The second-order valence-corrected chi connectivity index (χ2v) is 1.44. The molecule has 0 saturated heterocycles. The molecule has 0 aromatic carbocycles. The Morgan fingerprint density at radius 1 is 1.86 bits per heavy atom. The fraction of sp³-hybridized carbons (Fsp3) is 0.600. The van der Waals surface area contributed by atoms with Crippen LogP contribution in [0, 0.1) is 6.92 Å². The Morgan fingerprint density at radius 2 is 2.43 bits per heavy atom. The third-order valence-electron chi connectivity index (χ3n) is 0.709. The predicted molar refractivity (Wildman–Crippen MR) is 29.5 cm³/mol. The molecular weight excluding hydrogens is 90.1 g/mol. The van der Waals surface area contributed by atoms with Crippen molar-refractivity contribution in [3.8, 4) is 0 Å². The van der Waals surface area contributed by atoms with E-state index < -0.39 is 0 Å². The van der Waals surface area contributed by atoms with Gasteiger partial charge in [-0.15, -0.1) is 0 Å². The lowest BCUT2D eigenvalue weighted by Gasteiger charge is -1.87. The normalized spacial score (nSPS) is 12.0. The highest BCUT2D eigenvalue weighted by atomic mass is 16.4. The SMILES string of the molecule is [CH2]CC/C(C)=N/O. The van der Waals surface area contributed by atoms with E-state index in [-0.39, 0.29) is 0 Å². The van der Waals surface area contributed by atoms with Crippen molar-refractivity contribution in [2.75, 3.05) is 0 Å². The van der Waals surface area contributed by atoms with Gasteiger partial charge in [-0.05, 0) is 19.8 Å². The van der Waals surface area contributed by atoms with E-state index in [1.165, 1.54) is 0 Å². The van der Waals surface area contributed by atoms with Crippen LogP contribution in [0.2, 0.25) is 0 Å². The molecule has 0 aromatic heterocycles. The summed E-state index contributed by atoms with van der Waals surface area (Å²) in [6, 6.07) is 0. The van der Waals surface area contributed by atoms with Crippen molar-refractivity contribution in [1.82, 2.24) is 0 Å². The monoisotopic (exact) mass is 100 g/mol. The average Bonchev–Trinajstić information content (AvgIpc) is 1.68. The molecule has 0 fully saturated rings. The summed E-state index contributed by atoms with van der Waals surface area (Å²) in [6.07, 6.45) is 1.59. The van der Waals surface area contributed by atoms with Crippen molar-refractivity contribution in [2.24, 2.45) is 5.16 Å². The van der Waals surface area contributed by atoms with Crippen molar-refractivity contribution in [3.05, 3.63) is 6.92 Å². The summed E-state index contributed by atoms with van der Waals surface area (Å²) < 4.78 is 0. The van der Waals surface area contributed by atoms with Gasteiger partial charge < -0.3 is 5.21 Å². The van der Waals surface area contributed by atoms with Gasteiger partial charge in [-0.1, -0.05) is 12.1 Å². The van der Waals surface area contributed by atoms with Crippen LogP contribution < -0.4 is 0 Å². The summed E-state index contributed by atoms with van der Waals surface area (Å²) in [5.41, 5.74) is 0.745. The van der Waals surface area contributed by atoms with Crippen LogP contribution >= 0.6 is 0 Å². The maximum absolute atomic E-state index is 8.03. The summed E-state index contributed by atoms with van der Waals surface area (Å²) in [7, 11) is 0. The van der Waals surface area contributed by atoms with Crippen LogP contribution in [0.15, 0.2) is 5.16 Å². The molecular formula is C5H10NO. The first-order chi connectivity index (χ1) is 3.31. The highest BCUT2D eigenvalue weighted by Crippen LogP contribution is 1.87. The lowest BCUT2D eigenvalue weighted by atomic mass is 10.2. The van der Waals surface area contributed by atoms with Crippen LogP contribution in [-0.2, 0) is 0 Å². The van der Waals surface area contributed by atoms with Crippen LogP contribution in [0.3, 0.4) is 0 Å². The number of hydrogen-bond donors (Lipinski definition) is 1. The maximum atomic E-state index is 8.03. The Labute approximate surface area is 43.8 Å². The quantitative estimate of drug-likeness (QED) is 0.318. The molecule has 0 amide bonds. The van der Waals surface area contributed by atoms with Crippen molar-refractivity contribution in [1.29, 1.82) is 0 Å². The second-order valence-electron chi connectivity index (χ2n) is 1.44. The fourth-order valence-electron chi connectivity index (χ4n) is 0.306. The molecule has 0 saturated carbocycles. The minimum Gasteiger partial charge on any atom is -0.411 e. The zero-order valence-corrected chi connectivity index (χ0v) is 4.52. The molecule has 0 atom stereocenters. The second kappa shape index (κ2) is 3.65. The molecule has 0 aliphatic rings. The molecule has 0 heterocycles. The third kappa shape index (κ3) is 3.30. The van der Waals surface area contributed by atoms with Crippen LogP contribution in [0.5, 0.6) is 0 Å². The number of hydrogen-bond acceptors (Lipinski definition) is 2. The van der Waals surface area contributed by atoms with Crippen molar-refractivity contribution in [2.45, 2.75) is 19.8 Å². The van der Waals surface area contributed by atoms with Gasteiger partial charge in [-0.2, -0.15) is 0 Å². The summed E-state index contributed by atoms with van der Waals surface area (Å²) in [5.74, 6) is 0. The van der Waals surface area contributed by atoms with E-state index in [0.29, 0.717) is 0 Å². The van der Waals surface area contributed by atoms with Gasteiger partial charge >= 0.3 is 0 Å². The van der Waals surface area contributed by atoms with E-state index in [1.807, 2.05) is 0 Å². The molecule has 1 N–H and O–H groups in total. The van der Waals surface area contributed by atoms with E-state index in [9.17, 15) is 0 Å². The summed E-state index contributed by atoms with van der Waals surface area (Å²) in [6.45, 7) is 5.35. The largest absolute Gasteiger partial charge is 0.411 e. The molecule has 0 aliphatic heterocycles. The minimum absolute atomic E-state index is 0.745. The molecule has 1 radical (unpaired) electrons. The van der Waals surface area contributed by atoms with Gasteiger partial charge in [-0.3, -0.25) is 0 Å². The molecule has 41 valence electrons. The van der Waals surface area contributed by atoms with Crippen molar-refractivity contribution in [3.63, 3.8) is 0 Å².